The van der Waals surface area contributed by atoms with Crippen molar-refractivity contribution in [1.29, 1.82) is 0 Å². The van der Waals surface area contributed by atoms with Gasteiger partial charge in [-0.05, 0) is 44.2 Å². The zero-order valence-corrected chi connectivity index (χ0v) is 15.8. The van der Waals surface area contributed by atoms with E-state index in [9.17, 15) is 17.6 Å². The topological polar surface area (TPSA) is 75.7 Å². The van der Waals surface area contributed by atoms with Gasteiger partial charge in [-0.25, -0.2) is 12.8 Å². The number of carbonyl (C=O) groups is 1. The third-order valence-corrected chi connectivity index (χ3v) is 4.62. The molecule has 1 heterocycles. The van der Waals surface area contributed by atoms with E-state index in [1.54, 1.807) is 13.8 Å². The number of carbonyl (C=O) groups excluding carboxylic acids is 1. The van der Waals surface area contributed by atoms with E-state index < -0.39 is 21.4 Å². The quantitative estimate of drug-likeness (QED) is 0.855. The van der Waals surface area contributed by atoms with Crippen molar-refractivity contribution in [1.82, 2.24) is 0 Å². The van der Waals surface area contributed by atoms with E-state index in [4.69, 9.17) is 16.3 Å². The van der Waals surface area contributed by atoms with Crippen molar-refractivity contribution in [3.8, 4) is 5.75 Å². The van der Waals surface area contributed by atoms with Crippen molar-refractivity contribution in [2.24, 2.45) is 0 Å². The maximum atomic E-state index is 13.3. The number of amides is 1. The van der Waals surface area contributed by atoms with Gasteiger partial charge in [0.2, 0.25) is 10.0 Å². The molecule has 0 aliphatic carbocycles. The molecule has 1 aliphatic rings. The highest BCUT2D eigenvalue weighted by molar-refractivity contribution is 7.92. The number of sulfonamides is 1. The van der Waals surface area contributed by atoms with Crippen molar-refractivity contribution in [3.63, 3.8) is 0 Å². The fourth-order valence-electron chi connectivity index (χ4n) is 2.67. The molecule has 0 aromatic heterocycles. The number of rotatable bonds is 3. The average molecular weight is 399 g/mol. The van der Waals surface area contributed by atoms with Crippen LogP contribution in [0.4, 0.5) is 21.5 Å². The minimum atomic E-state index is -3.52. The average Bonchev–Trinajstić information content (AvgIpc) is 2.48. The van der Waals surface area contributed by atoms with Crippen molar-refractivity contribution in [3.05, 3.63) is 47.2 Å². The highest BCUT2D eigenvalue weighted by Gasteiger charge is 2.43. The molecule has 9 heteroatoms. The first-order chi connectivity index (χ1) is 12.0. The van der Waals surface area contributed by atoms with Crippen LogP contribution < -0.4 is 14.4 Å². The van der Waals surface area contributed by atoms with Crippen molar-refractivity contribution >= 4 is 44.6 Å². The zero-order chi connectivity index (χ0) is 19.3. The number of nitrogens with one attached hydrogen (secondary N) is 1. The smallest absolute Gasteiger partial charge is 0.275 e. The van der Waals surface area contributed by atoms with Crippen molar-refractivity contribution in [2.75, 3.05) is 15.9 Å². The number of hydrogen-bond acceptors (Lipinski definition) is 4. The first-order valence-corrected chi connectivity index (χ1v) is 9.85. The van der Waals surface area contributed by atoms with E-state index in [0.29, 0.717) is 5.69 Å². The summed E-state index contributed by atoms with van der Waals surface area (Å²) >= 11 is 6.33. The van der Waals surface area contributed by atoms with E-state index in [-0.39, 0.29) is 28.1 Å². The number of benzene rings is 2. The predicted molar refractivity (Wildman–Crippen MR) is 98.2 cm³/mol. The van der Waals surface area contributed by atoms with Crippen molar-refractivity contribution < 1.29 is 22.3 Å². The van der Waals surface area contributed by atoms with Gasteiger partial charge in [0.05, 0.1) is 17.0 Å². The third-order valence-electron chi connectivity index (χ3n) is 3.72. The van der Waals surface area contributed by atoms with Crippen LogP contribution in [-0.2, 0) is 14.8 Å². The van der Waals surface area contributed by atoms with Gasteiger partial charge < -0.3 is 4.74 Å². The molecule has 3 rings (SSSR count). The second kappa shape index (κ2) is 6.14. The van der Waals surface area contributed by atoms with Crippen LogP contribution in [0.3, 0.4) is 0 Å². The molecule has 1 aliphatic heterocycles. The molecule has 138 valence electrons. The summed E-state index contributed by atoms with van der Waals surface area (Å²) in [5.41, 5.74) is -0.337. The lowest BCUT2D eigenvalue weighted by atomic mass is 10.0. The summed E-state index contributed by atoms with van der Waals surface area (Å²) in [6, 6.07) is 8.21. The summed E-state index contributed by atoms with van der Waals surface area (Å²) < 4.78 is 44.3. The molecule has 0 atom stereocenters. The molecule has 0 saturated carbocycles. The molecule has 0 spiro atoms. The SMILES string of the molecule is CC1(C)Oc2cc(NS(C)(=O)=O)cc(Cl)c2N(c2ccc(F)cc2)C1=O. The number of fused-ring (bicyclic) bond motifs is 1. The van der Waals surface area contributed by atoms with Crippen LogP contribution in [0.5, 0.6) is 5.75 Å². The minimum absolute atomic E-state index is 0.113. The monoisotopic (exact) mass is 398 g/mol. The van der Waals surface area contributed by atoms with Crippen LogP contribution in [0.15, 0.2) is 36.4 Å². The van der Waals surface area contributed by atoms with Gasteiger partial charge in [0, 0.05) is 11.8 Å². The first-order valence-electron chi connectivity index (χ1n) is 7.58. The second-order valence-corrected chi connectivity index (χ2v) is 8.56. The van der Waals surface area contributed by atoms with Gasteiger partial charge in [-0.1, -0.05) is 11.6 Å². The van der Waals surface area contributed by atoms with Crippen molar-refractivity contribution in [2.45, 2.75) is 19.4 Å². The molecule has 2 aromatic carbocycles. The van der Waals surface area contributed by atoms with Gasteiger partial charge in [-0.3, -0.25) is 14.4 Å². The zero-order valence-electron chi connectivity index (χ0n) is 14.2. The number of ether oxygens (including phenoxy) is 1. The van der Waals surface area contributed by atoms with E-state index in [1.807, 2.05) is 0 Å². The standard InChI is InChI=1S/C17H16ClFN2O4S/c1-17(2)16(22)21(12-6-4-10(19)5-7-12)15-13(18)8-11(9-14(15)25-17)20-26(3,23)24/h4-9,20H,1-3H3. The highest BCUT2D eigenvalue weighted by atomic mass is 35.5. The number of anilines is 3. The lowest BCUT2D eigenvalue weighted by Crippen LogP contribution is -2.50. The fourth-order valence-corrected chi connectivity index (χ4v) is 3.51. The Balaban J connectivity index is 2.19. The van der Waals surface area contributed by atoms with E-state index >= 15 is 0 Å². The molecule has 26 heavy (non-hydrogen) atoms. The molecule has 0 unspecified atom stereocenters. The molecule has 6 nitrogen and oxygen atoms in total. The van der Waals surface area contributed by atoms with E-state index in [0.717, 1.165) is 6.26 Å². The van der Waals surface area contributed by atoms with Gasteiger partial charge in [0.25, 0.3) is 5.91 Å². The predicted octanol–water partition coefficient (Wildman–Crippen LogP) is 3.69. The maximum Gasteiger partial charge on any atom is 0.275 e. The molecule has 1 amide bonds. The van der Waals surface area contributed by atoms with Gasteiger partial charge in [-0.15, -0.1) is 0 Å². The van der Waals surface area contributed by atoms with Crippen LogP contribution in [0.2, 0.25) is 5.02 Å². The molecular formula is C17H16ClFN2O4S. The summed E-state index contributed by atoms with van der Waals surface area (Å²) in [5, 5.41) is 0.113. The van der Waals surface area contributed by atoms with Crippen LogP contribution in [0.25, 0.3) is 0 Å². The molecule has 0 saturated heterocycles. The molecular weight excluding hydrogens is 383 g/mol. The van der Waals surface area contributed by atoms with Gasteiger partial charge in [0.1, 0.15) is 17.3 Å². The largest absolute Gasteiger partial charge is 0.476 e. The van der Waals surface area contributed by atoms with E-state index in [1.165, 1.54) is 41.3 Å². The Morgan fingerprint density at radius 2 is 1.81 bits per heavy atom. The normalized spacial score (nSPS) is 16.0. The van der Waals surface area contributed by atoms with Gasteiger partial charge >= 0.3 is 0 Å². The summed E-state index contributed by atoms with van der Waals surface area (Å²) in [5.74, 6) is -0.590. The Hall–Kier alpha value is -2.32. The summed E-state index contributed by atoms with van der Waals surface area (Å²) in [6.45, 7) is 3.17. The fraction of sp³-hybridized carbons (Fsp3) is 0.235. The molecule has 2 aromatic rings. The van der Waals surface area contributed by atoms with Gasteiger partial charge in [0.15, 0.2) is 5.60 Å². The lowest BCUT2D eigenvalue weighted by Gasteiger charge is -2.39. The molecule has 1 N–H and O–H groups in total. The summed E-state index contributed by atoms with van der Waals surface area (Å²) in [7, 11) is -3.52. The summed E-state index contributed by atoms with van der Waals surface area (Å²) in [6.07, 6.45) is 1.01. The maximum absolute atomic E-state index is 13.3. The van der Waals surface area contributed by atoms with Gasteiger partial charge in [-0.2, -0.15) is 0 Å². The second-order valence-electron chi connectivity index (χ2n) is 6.41. The Bertz CT molecular complexity index is 991. The highest BCUT2D eigenvalue weighted by Crippen LogP contribution is 2.47. The Labute approximate surface area is 155 Å². The summed E-state index contributed by atoms with van der Waals surface area (Å²) in [4.78, 5) is 14.2. The Kier molecular flexibility index (Phi) is 4.36. The van der Waals surface area contributed by atoms with Crippen LogP contribution in [-0.4, -0.2) is 26.2 Å². The molecule has 0 fully saturated rings. The minimum Gasteiger partial charge on any atom is -0.476 e. The number of hydrogen-bond donors (Lipinski definition) is 1. The molecule has 0 bridgehead atoms. The Morgan fingerprint density at radius 3 is 2.38 bits per heavy atom. The number of nitrogens with zero attached hydrogens (tertiary/aromatic N) is 1. The first kappa shape index (κ1) is 18.5. The van der Waals surface area contributed by atoms with Crippen LogP contribution in [0.1, 0.15) is 13.8 Å². The lowest BCUT2D eigenvalue weighted by molar-refractivity contribution is -0.131. The van der Waals surface area contributed by atoms with E-state index in [2.05, 4.69) is 4.72 Å². The van der Waals surface area contributed by atoms with Crippen LogP contribution in [0, 0.1) is 5.82 Å². The number of halogens is 2. The van der Waals surface area contributed by atoms with Crippen LogP contribution >= 0.6 is 11.6 Å². The molecule has 0 radical (unpaired) electrons. The Morgan fingerprint density at radius 1 is 1.19 bits per heavy atom. The third kappa shape index (κ3) is 3.47.